The Kier molecular flexibility index (Phi) is 7.51. The summed E-state index contributed by atoms with van der Waals surface area (Å²) < 4.78 is 0. The molecule has 1 aliphatic rings. The molecule has 0 atom stereocenters. The van der Waals surface area contributed by atoms with E-state index in [0.29, 0.717) is 5.82 Å². The number of aromatic nitrogens is 3. The number of hydrogen-bond acceptors (Lipinski definition) is 3. The first-order valence-corrected chi connectivity index (χ1v) is 9.04. The molecule has 1 saturated carbocycles. The number of nitrogens with zero attached hydrogens (tertiary/aromatic N) is 3. The van der Waals surface area contributed by atoms with Gasteiger partial charge >= 0.3 is 0 Å². The number of benzene rings is 2. The summed E-state index contributed by atoms with van der Waals surface area (Å²) in [7, 11) is 0. The highest BCUT2D eigenvalue weighted by Crippen LogP contribution is 2.40. The maximum absolute atomic E-state index is 4.60. The van der Waals surface area contributed by atoms with E-state index in [1.807, 2.05) is 44.2 Å². The van der Waals surface area contributed by atoms with E-state index in [4.69, 9.17) is 0 Å². The van der Waals surface area contributed by atoms with Crippen molar-refractivity contribution in [3.63, 3.8) is 0 Å². The fraction of sp³-hybridized carbons (Fsp3) is 0.261. The van der Waals surface area contributed by atoms with Crippen molar-refractivity contribution < 1.29 is 0 Å². The summed E-state index contributed by atoms with van der Waals surface area (Å²) in [6, 6.07) is 18.6. The zero-order valence-electron chi connectivity index (χ0n) is 15.7. The molecule has 0 aliphatic heterocycles. The van der Waals surface area contributed by atoms with E-state index in [0.717, 1.165) is 22.9 Å². The van der Waals surface area contributed by atoms with Gasteiger partial charge in [0.15, 0.2) is 11.6 Å². The maximum Gasteiger partial charge on any atom is 0.163 e. The van der Waals surface area contributed by atoms with Crippen LogP contribution in [-0.2, 0) is 0 Å². The average molecular weight is 343 g/mol. The van der Waals surface area contributed by atoms with Gasteiger partial charge in [-0.05, 0) is 31.2 Å². The van der Waals surface area contributed by atoms with E-state index in [9.17, 15) is 0 Å². The van der Waals surface area contributed by atoms with Crippen LogP contribution in [-0.4, -0.2) is 15.0 Å². The number of rotatable bonds is 3. The Balaban J connectivity index is 0.000000444. The van der Waals surface area contributed by atoms with Gasteiger partial charge in [-0.1, -0.05) is 68.4 Å². The van der Waals surface area contributed by atoms with E-state index in [-0.39, 0.29) is 0 Å². The Labute approximate surface area is 156 Å². The molecule has 4 rings (SSSR count). The summed E-state index contributed by atoms with van der Waals surface area (Å²) in [6.07, 6.45) is 8.83. The highest BCUT2D eigenvalue weighted by molar-refractivity contribution is 5.60. The van der Waals surface area contributed by atoms with Gasteiger partial charge in [-0.25, -0.2) is 15.0 Å². The highest BCUT2D eigenvalue weighted by atomic mass is 15.0. The highest BCUT2D eigenvalue weighted by Gasteiger charge is 2.23. The first-order chi connectivity index (χ1) is 12.8. The molecule has 0 N–H and O–H groups in total. The van der Waals surface area contributed by atoms with E-state index in [2.05, 4.69) is 51.6 Å². The second kappa shape index (κ2) is 10.1. The van der Waals surface area contributed by atoms with Crippen molar-refractivity contribution in [2.75, 3.05) is 0 Å². The van der Waals surface area contributed by atoms with Gasteiger partial charge in [0.2, 0.25) is 0 Å². The predicted molar refractivity (Wildman–Crippen MR) is 109 cm³/mol. The minimum absolute atomic E-state index is 0.715. The number of terminal acetylenes is 1. The summed E-state index contributed by atoms with van der Waals surface area (Å²) in [5.74, 6) is 4.47. The molecule has 1 aromatic heterocycles. The average Bonchev–Trinajstić information content (AvgIpc) is 3.57. The van der Waals surface area contributed by atoms with Crippen LogP contribution in [0.5, 0.6) is 0 Å². The molecule has 3 nitrogen and oxygen atoms in total. The molecule has 3 heteroatoms. The lowest BCUT2D eigenvalue weighted by atomic mass is 10.1. The van der Waals surface area contributed by atoms with E-state index < -0.39 is 0 Å². The fourth-order valence-corrected chi connectivity index (χ4v) is 2.48. The largest absolute Gasteiger partial charge is 0.217 e. The lowest BCUT2D eigenvalue weighted by Crippen LogP contribution is -1.95. The third kappa shape index (κ3) is 5.26. The standard InChI is InChI=1S/C18H15N3.C3H4.C2H6/c1-2-4-15(5-3-1)17-19-12-20-18(21-17)16-10-8-14(9-11-16)13-6-7-13;1-3-2;1-2/h1-5,8-13H,6-7H2;1H,2H3;1-2H3. The Morgan fingerprint density at radius 1 is 0.846 bits per heavy atom. The summed E-state index contributed by atoms with van der Waals surface area (Å²) in [5.41, 5.74) is 3.48. The SMILES string of the molecule is C#CC.CC.c1ccc(-c2ncnc(-c3ccc(C4CC4)cc3)n2)cc1. The molecule has 3 aromatic rings. The second-order valence-electron chi connectivity index (χ2n) is 5.68. The van der Waals surface area contributed by atoms with Crippen molar-refractivity contribution in [1.29, 1.82) is 0 Å². The zero-order valence-corrected chi connectivity index (χ0v) is 15.7. The number of hydrogen-bond donors (Lipinski definition) is 0. The Hall–Kier alpha value is -2.99. The lowest BCUT2D eigenvalue weighted by molar-refractivity contribution is 1.06. The molecule has 0 radical (unpaired) electrons. The van der Waals surface area contributed by atoms with Gasteiger partial charge in [-0.3, -0.25) is 0 Å². The van der Waals surface area contributed by atoms with Crippen molar-refractivity contribution in [2.24, 2.45) is 0 Å². The van der Waals surface area contributed by atoms with Crippen LogP contribution >= 0.6 is 0 Å². The molecule has 0 saturated heterocycles. The molecule has 0 spiro atoms. The first kappa shape index (κ1) is 19.3. The molecule has 1 aliphatic carbocycles. The predicted octanol–water partition coefficient (Wildman–Crippen LogP) is 5.75. The topological polar surface area (TPSA) is 38.7 Å². The van der Waals surface area contributed by atoms with Crippen molar-refractivity contribution in [3.8, 4) is 35.1 Å². The Bertz CT molecular complexity index is 829. The molecule has 2 aromatic carbocycles. The van der Waals surface area contributed by atoms with Crippen LogP contribution in [0, 0.1) is 12.3 Å². The third-order valence-electron chi connectivity index (χ3n) is 3.82. The zero-order chi connectivity index (χ0) is 18.8. The minimum atomic E-state index is 0.715. The lowest BCUT2D eigenvalue weighted by Gasteiger charge is -2.04. The van der Waals surface area contributed by atoms with Gasteiger partial charge in [-0.15, -0.1) is 12.3 Å². The van der Waals surface area contributed by atoms with Crippen LogP contribution in [0.3, 0.4) is 0 Å². The van der Waals surface area contributed by atoms with Gasteiger partial charge in [0.05, 0.1) is 0 Å². The second-order valence-corrected chi connectivity index (χ2v) is 5.68. The van der Waals surface area contributed by atoms with Crippen molar-refractivity contribution in [3.05, 3.63) is 66.5 Å². The summed E-state index contributed by atoms with van der Waals surface area (Å²) in [4.78, 5) is 13.2. The molecule has 132 valence electrons. The van der Waals surface area contributed by atoms with Gasteiger partial charge in [0, 0.05) is 11.1 Å². The van der Waals surface area contributed by atoms with Crippen molar-refractivity contribution >= 4 is 0 Å². The molecular formula is C23H25N3. The minimum Gasteiger partial charge on any atom is -0.217 e. The normalized spacial score (nSPS) is 11.9. The molecule has 1 heterocycles. The Morgan fingerprint density at radius 3 is 1.85 bits per heavy atom. The van der Waals surface area contributed by atoms with Crippen LogP contribution in [0.25, 0.3) is 22.8 Å². The molecule has 26 heavy (non-hydrogen) atoms. The quantitative estimate of drug-likeness (QED) is 0.568. The monoisotopic (exact) mass is 343 g/mol. The van der Waals surface area contributed by atoms with Crippen LogP contribution in [0.15, 0.2) is 60.9 Å². The third-order valence-corrected chi connectivity index (χ3v) is 3.82. The van der Waals surface area contributed by atoms with Gasteiger partial charge in [0.1, 0.15) is 6.33 Å². The first-order valence-electron chi connectivity index (χ1n) is 9.04. The van der Waals surface area contributed by atoms with Crippen LogP contribution < -0.4 is 0 Å². The summed E-state index contributed by atoms with van der Waals surface area (Å²) in [5, 5.41) is 0. The van der Waals surface area contributed by atoms with E-state index >= 15 is 0 Å². The Morgan fingerprint density at radius 2 is 1.35 bits per heavy atom. The smallest absolute Gasteiger partial charge is 0.163 e. The molecular weight excluding hydrogens is 318 g/mol. The van der Waals surface area contributed by atoms with Gasteiger partial charge in [-0.2, -0.15) is 0 Å². The molecule has 1 fully saturated rings. The van der Waals surface area contributed by atoms with Crippen molar-refractivity contribution in [2.45, 2.75) is 39.5 Å². The maximum atomic E-state index is 4.60. The van der Waals surface area contributed by atoms with E-state index in [1.165, 1.54) is 18.4 Å². The van der Waals surface area contributed by atoms with E-state index in [1.54, 1.807) is 13.3 Å². The van der Waals surface area contributed by atoms with Crippen LogP contribution in [0.1, 0.15) is 45.1 Å². The summed E-state index contributed by atoms with van der Waals surface area (Å²) in [6.45, 7) is 5.65. The van der Waals surface area contributed by atoms with Crippen LogP contribution in [0.2, 0.25) is 0 Å². The van der Waals surface area contributed by atoms with Crippen molar-refractivity contribution in [1.82, 2.24) is 15.0 Å². The molecule has 0 bridgehead atoms. The molecule has 0 amide bonds. The summed E-state index contributed by atoms with van der Waals surface area (Å²) >= 11 is 0. The van der Waals surface area contributed by atoms with Gasteiger partial charge < -0.3 is 0 Å². The fourth-order valence-electron chi connectivity index (χ4n) is 2.48. The molecule has 0 unspecified atom stereocenters. The van der Waals surface area contributed by atoms with Gasteiger partial charge in [0.25, 0.3) is 0 Å². The van der Waals surface area contributed by atoms with Crippen LogP contribution in [0.4, 0.5) is 0 Å².